The highest BCUT2D eigenvalue weighted by Gasteiger charge is 2.40. The monoisotopic (exact) mass is 543 g/mol. The van der Waals surface area contributed by atoms with E-state index in [0.717, 1.165) is 22.3 Å². The van der Waals surface area contributed by atoms with Crippen LogP contribution in [0.15, 0.2) is 121 Å². The van der Waals surface area contributed by atoms with E-state index in [1.807, 2.05) is 71.4 Å². The van der Waals surface area contributed by atoms with E-state index in [1.54, 1.807) is 18.2 Å². The summed E-state index contributed by atoms with van der Waals surface area (Å²) in [5.74, 6) is -0.827. The number of methoxy groups -OCH3 is 1. The van der Waals surface area contributed by atoms with E-state index in [1.165, 1.54) is 19.2 Å². The van der Waals surface area contributed by atoms with Gasteiger partial charge in [-0.05, 0) is 46.5 Å². The minimum Gasteiger partial charge on any atom is -0.494 e. The minimum absolute atomic E-state index is 0.0277. The van der Waals surface area contributed by atoms with Crippen LogP contribution in [0, 0.1) is 11.6 Å². The number of hydrogen-bond acceptors (Lipinski definition) is 3. The van der Waals surface area contributed by atoms with Crippen molar-refractivity contribution in [3.63, 3.8) is 0 Å². The molecule has 6 heteroatoms. The lowest BCUT2D eigenvalue weighted by Gasteiger charge is -2.37. The number of fused-ring (bicyclic) bond motifs is 1. The van der Waals surface area contributed by atoms with Gasteiger partial charge in [-0.15, -0.1) is 0 Å². The molecular weight excluding hydrogens is 516 g/mol. The zero-order chi connectivity index (χ0) is 28.4. The largest absolute Gasteiger partial charge is 0.494 e. The highest BCUT2D eigenvalue weighted by molar-refractivity contribution is 5.92. The number of rotatable bonds is 7. The lowest BCUT2D eigenvalue weighted by Crippen LogP contribution is -2.38. The average Bonchev–Trinajstić information content (AvgIpc) is 3.36. The van der Waals surface area contributed by atoms with Crippen LogP contribution in [0.1, 0.15) is 27.9 Å². The number of benzene rings is 5. The quantitative estimate of drug-likeness (QED) is 0.164. The molecule has 4 nitrogen and oxygen atoms in total. The number of hydrogen-bond donors (Lipinski definition) is 1. The first-order chi connectivity index (χ1) is 20.0. The lowest BCUT2D eigenvalue weighted by molar-refractivity contribution is 0.386. The fourth-order valence-electron chi connectivity index (χ4n) is 5.41. The molecule has 5 aromatic carbocycles. The molecule has 6 rings (SSSR count). The topological polar surface area (TPSA) is 53.1 Å². The van der Waals surface area contributed by atoms with Gasteiger partial charge in [0.1, 0.15) is 11.4 Å². The SMILES string of the molecule is COc1cc(/C=C/c2nn(C(c3ccccc3)(c3ccccc3)c3ccccc3)c3cc(F)c(N)cc23)ccc1F. The van der Waals surface area contributed by atoms with E-state index < -0.39 is 17.2 Å². The van der Waals surface area contributed by atoms with Crippen molar-refractivity contribution in [2.45, 2.75) is 5.54 Å². The number of nitrogens with two attached hydrogens (primary N) is 1. The Morgan fingerprint density at radius 2 is 1.27 bits per heavy atom. The normalized spacial score (nSPS) is 11.8. The van der Waals surface area contributed by atoms with Gasteiger partial charge in [-0.3, -0.25) is 0 Å². The first-order valence-electron chi connectivity index (χ1n) is 13.2. The second kappa shape index (κ2) is 10.7. The molecule has 6 aromatic rings. The third kappa shape index (κ3) is 4.53. The summed E-state index contributed by atoms with van der Waals surface area (Å²) >= 11 is 0. The first-order valence-corrected chi connectivity index (χ1v) is 13.2. The van der Waals surface area contributed by atoms with Gasteiger partial charge in [0, 0.05) is 11.5 Å². The van der Waals surface area contributed by atoms with Crippen LogP contribution in [-0.2, 0) is 5.54 Å². The Morgan fingerprint density at radius 3 is 1.80 bits per heavy atom. The van der Waals surface area contributed by atoms with Crippen molar-refractivity contribution in [3.8, 4) is 5.75 Å². The maximum Gasteiger partial charge on any atom is 0.165 e. The summed E-state index contributed by atoms with van der Waals surface area (Å²) in [7, 11) is 1.43. The van der Waals surface area contributed by atoms with E-state index in [2.05, 4.69) is 36.4 Å². The van der Waals surface area contributed by atoms with Gasteiger partial charge < -0.3 is 10.5 Å². The van der Waals surface area contributed by atoms with Crippen LogP contribution in [0.4, 0.5) is 14.5 Å². The highest BCUT2D eigenvalue weighted by Crippen LogP contribution is 2.43. The Labute approximate surface area is 237 Å². The minimum atomic E-state index is -0.949. The van der Waals surface area contributed by atoms with Crippen LogP contribution in [0.25, 0.3) is 23.1 Å². The van der Waals surface area contributed by atoms with Gasteiger partial charge in [0.15, 0.2) is 11.6 Å². The van der Waals surface area contributed by atoms with Crippen LogP contribution in [0.2, 0.25) is 0 Å². The van der Waals surface area contributed by atoms with Gasteiger partial charge in [-0.2, -0.15) is 5.10 Å². The molecule has 41 heavy (non-hydrogen) atoms. The van der Waals surface area contributed by atoms with Crippen molar-refractivity contribution in [1.29, 1.82) is 0 Å². The Balaban J connectivity index is 1.68. The molecule has 0 spiro atoms. The number of halogens is 2. The third-order valence-electron chi connectivity index (χ3n) is 7.33. The predicted octanol–water partition coefficient (Wildman–Crippen LogP) is 7.92. The molecule has 0 fully saturated rings. The Bertz CT molecular complexity index is 1750. The third-order valence-corrected chi connectivity index (χ3v) is 7.33. The van der Waals surface area contributed by atoms with Gasteiger partial charge in [-0.1, -0.05) is 103 Å². The molecule has 0 aliphatic rings. The second-order valence-electron chi connectivity index (χ2n) is 9.72. The van der Waals surface area contributed by atoms with Crippen LogP contribution in [0.5, 0.6) is 5.75 Å². The summed E-state index contributed by atoms with van der Waals surface area (Å²) in [6.45, 7) is 0. The fraction of sp³-hybridized carbons (Fsp3) is 0.0571. The standard InChI is InChI=1S/C35H27F2N3O/c1-41-34-21-24(17-19-29(34)36)18-20-32-28-22-31(38)30(37)23-33(28)40(39-32)35(25-11-5-2-6-12-25,26-13-7-3-8-14-26)27-15-9-4-10-16-27/h2-23H,38H2,1H3/b20-18+. The molecule has 0 amide bonds. The van der Waals surface area contributed by atoms with Crippen LogP contribution in [0.3, 0.4) is 0 Å². The Morgan fingerprint density at radius 1 is 0.707 bits per heavy atom. The number of ether oxygens (including phenoxy) is 1. The zero-order valence-electron chi connectivity index (χ0n) is 22.3. The molecule has 0 aliphatic carbocycles. The summed E-state index contributed by atoms with van der Waals surface area (Å²) in [4.78, 5) is 0. The molecule has 0 aliphatic heterocycles. The molecule has 2 N–H and O–H groups in total. The molecule has 0 saturated carbocycles. The zero-order valence-corrected chi connectivity index (χ0v) is 22.3. The molecule has 0 saturated heterocycles. The van der Waals surface area contributed by atoms with E-state index >= 15 is 4.39 Å². The van der Waals surface area contributed by atoms with Crippen molar-refractivity contribution in [3.05, 3.63) is 161 Å². The smallest absolute Gasteiger partial charge is 0.165 e. The lowest BCUT2D eigenvalue weighted by atomic mass is 9.77. The summed E-state index contributed by atoms with van der Waals surface area (Å²) in [5.41, 5.74) is 9.90. The van der Waals surface area contributed by atoms with Crippen LogP contribution >= 0.6 is 0 Å². The van der Waals surface area contributed by atoms with Crippen molar-refractivity contribution in [2.75, 3.05) is 12.8 Å². The molecule has 0 bridgehead atoms. The fourth-order valence-corrected chi connectivity index (χ4v) is 5.41. The summed E-state index contributed by atoms with van der Waals surface area (Å²) in [6, 6.07) is 37.9. The van der Waals surface area contributed by atoms with E-state index in [0.29, 0.717) is 16.6 Å². The molecule has 1 aromatic heterocycles. The maximum absolute atomic E-state index is 15.2. The van der Waals surface area contributed by atoms with Crippen molar-refractivity contribution >= 4 is 28.7 Å². The number of anilines is 1. The number of nitrogen functional groups attached to an aromatic ring is 1. The van der Waals surface area contributed by atoms with Gasteiger partial charge in [-0.25, -0.2) is 13.5 Å². The van der Waals surface area contributed by atoms with E-state index in [4.69, 9.17) is 15.6 Å². The van der Waals surface area contributed by atoms with Gasteiger partial charge in [0.2, 0.25) is 0 Å². The van der Waals surface area contributed by atoms with Gasteiger partial charge >= 0.3 is 0 Å². The second-order valence-corrected chi connectivity index (χ2v) is 9.72. The Hall–Kier alpha value is -5.23. The highest BCUT2D eigenvalue weighted by atomic mass is 19.1. The van der Waals surface area contributed by atoms with Gasteiger partial charge in [0.25, 0.3) is 0 Å². The van der Waals surface area contributed by atoms with E-state index in [-0.39, 0.29) is 11.4 Å². The van der Waals surface area contributed by atoms with Crippen molar-refractivity contribution in [1.82, 2.24) is 9.78 Å². The van der Waals surface area contributed by atoms with Crippen LogP contribution in [-0.4, -0.2) is 16.9 Å². The summed E-state index contributed by atoms with van der Waals surface area (Å²) < 4.78 is 36.2. The maximum atomic E-state index is 15.2. The average molecular weight is 544 g/mol. The molecule has 202 valence electrons. The molecule has 0 radical (unpaired) electrons. The predicted molar refractivity (Wildman–Crippen MR) is 161 cm³/mol. The van der Waals surface area contributed by atoms with Crippen molar-refractivity contribution in [2.24, 2.45) is 0 Å². The molecule has 0 unspecified atom stereocenters. The number of aromatic nitrogens is 2. The summed E-state index contributed by atoms with van der Waals surface area (Å²) in [6.07, 6.45) is 3.65. The Kier molecular flexibility index (Phi) is 6.81. The molecule has 0 atom stereocenters. The summed E-state index contributed by atoms with van der Waals surface area (Å²) in [5, 5.41) is 5.83. The molecule has 1 heterocycles. The number of nitrogens with zero attached hydrogens (tertiary/aromatic N) is 2. The van der Waals surface area contributed by atoms with Crippen LogP contribution < -0.4 is 10.5 Å². The first kappa shape index (κ1) is 26.0. The van der Waals surface area contributed by atoms with Gasteiger partial charge in [0.05, 0.1) is 24.0 Å². The molecular formula is C35H27F2N3O. The van der Waals surface area contributed by atoms with E-state index in [9.17, 15) is 4.39 Å². The van der Waals surface area contributed by atoms with Crippen molar-refractivity contribution < 1.29 is 13.5 Å².